The van der Waals surface area contributed by atoms with Gasteiger partial charge in [-0.3, -0.25) is 4.98 Å². The van der Waals surface area contributed by atoms with Gasteiger partial charge in [0.25, 0.3) is 0 Å². The first-order chi connectivity index (χ1) is 16.4. The summed E-state index contributed by atoms with van der Waals surface area (Å²) in [5.41, 5.74) is 7.96. The molecule has 1 saturated heterocycles. The van der Waals surface area contributed by atoms with Crippen LogP contribution in [0.5, 0.6) is 0 Å². The number of fused-ring (bicyclic) bond motifs is 2. The first-order valence-corrected chi connectivity index (χ1v) is 12.1. The molecule has 0 bridgehead atoms. The van der Waals surface area contributed by atoms with Crippen LogP contribution in [-0.2, 0) is 12.8 Å². The van der Waals surface area contributed by atoms with Crippen LogP contribution in [0.1, 0.15) is 47.3 Å². The number of piperazine rings is 1. The molecule has 172 valence electrons. The van der Waals surface area contributed by atoms with E-state index in [0.29, 0.717) is 11.6 Å². The zero-order valence-corrected chi connectivity index (χ0v) is 20.3. The van der Waals surface area contributed by atoms with E-state index in [4.69, 9.17) is 16.6 Å². The minimum absolute atomic E-state index is 0.311. The summed E-state index contributed by atoms with van der Waals surface area (Å²) in [6.07, 6.45) is 4.40. The van der Waals surface area contributed by atoms with Crippen molar-refractivity contribution in [1.29, 1.82) is 5.26 Å². The summed E-state index contributed by atoms with van der Waals surface area (Å²) in [7, 11) is 0. The molecule has 1 aliphatic carbocycles. The molecule has 3 heterocycles. The highest BCUT2D eigenvalue weighted by Gasteiger charge is 2.25. The number of nitriles is 1. The number of hydrogen-bond donors (Lipinski definition) is 0. The Morgan fingerprint density at radius 2 is 1.88 bits per heavy atom. The lowest BCUT2D eigenvalue weighted by atomic mass is 9.82. The average Bonchev–Trinajstić information content (AvgIpc) is 2.87. The molecule has 3 aromatic rings. The molecule has 6 heteroatoms. The van der Waals surface area contributed by atoms with Crippen LogP contribution in [0.3, 0.4) is 0 Å². The lowest BCUT2D eigenvalue weighted by Gasteiger charge is -2.38. The first-order valence-electron chi connectivity index (χ1n) is 11.8. The van der Waals surface area contributed by atoms with Gasteiger partial charge < -0.3 is 9.80 Å². The van der Waals surface area contributed by atoms with Crippen LogP contribution < -0.4 is 0 Å². The maximum Gasteiger partial charge on any atom is 0.140 e. The number of aromatic nitrogens is 2. The van der Waals surface area contributed by atoms with Crippen LogP contribution in [0, 0.1) is 11.3 Å². The fourth-order valence-electron chi connectivity index (χ4n) is 5.16. The van der Waals surface area contributed by atoms with Crippen LogP contribution in [0.25, 0.3) is 16.6 Å². The minimum atomic E-state index is 0.311. The Bertz CT molecular complexity index is 1330. The van der Waals surface area contributed by atoms with Gasteiger partial charge in [-0.05, 0) is 67.0 Å². The van der Waals surface area contributed by atoms with E-state index in [1.54, 1.807) is 6.20 Å². The quantitative estimate of drug-likeness (QED) is 0.501. The second-order valence-electron chi connectivity index (χ2n) is 9.26. The molecule has 0 amide bonds. The SMILES string of the molecule is C=C(C)N1CCN(C(=C)c2ccc3c(Cl)c4c(nc3c2)CC(c2ccnc(C#N)c2)CC4)CC1. The van der Waals surface area contributed by atoms with Gasteiger partial charge in [-0.15, -0.1) is 0 Å². The summed E-state index contributed by atoms with van der Waals surface area (Å²) in [5, 5.41) is 11.0. The molecule has 0 spiro atoms. The Hall–Kier alpha value is -3.36. The highest BCUT2D eigenvalue weighted by atomic mass is 35.5. The van der Waals surface area contributed by atoms with Crippen LogP contribution >= 0.6 is 11.6 Å². The van der Waals surface area contributed by atoms with E-state index in [0.717, 1.165) is 95.1 Å². The van der Waals surface area contributed by atoms with Crippen molar-refractivity contribution in [2.75, 3.05) is 26.2 Å². The molecule has 1 fully saturated rings. The smallest absolute Gasteiger partial charge is 0.140 e. The number of benzene rings is 1. The summed E-state index contributed by atoms with van der Waals surface area (Å²) in [4.78, 5) is 13.8. The third kappa shape index (κ3) is 4.15. The number of rotatable bonds is 4. The number of pyridine rings is 2. The summed E-state index contributed by atoms with van der Waals surface area (Å²) in [6.45, 7) is 14.3. The van der Waals surface area contributed by atoms with E-state index in [2.05, 4.69) is 59.1 Å². The molecule has 0 saturated carbocycles. The Kier molecular flexibility index (Phi) is 6.02. The molecule has 1 unspecified atom stereocenters. The van der Waals surface area contributed by atoms with Crippen molar-refractivity contribution < 1.29 is 0 Å². The Balaban J connectivity index is 1.42. The van der Waals surface area contributed by atoms with E-state index in [1.807, 2.05) is 12.1 Å². The van der Waals surface area contributed by atoms with Gasteiger partial charge in [0.15, 0.2) is 0 Å². The van der Waals surface area contributed by atoms with Crippen molar-refractivity contribution in [2.24, 2.45) is 0 Å². The largest absolute Gasteiger partial charge is 0.372 e. The Morgan fingerprint density at radius 1 is 1.12 bits per heavy atom. The molecule has 5 nitrogen and oxygen atoms in total. The molecule has 0 N–H and O–H groups in total. The molecule has 1 aliphatic heterocycles. The van der Waals surface area contributed by atoms with Gasteiger partial charge in [0.2, 0.25) is 0 Å². The van der Waals surface area contributed by atoms with Gasteiger partial charge in [0, 0.05) is 54.9 Å². The third-order valence-electron chi connectivity index (χ3n) is 7.19. The molecule has 34 heavy (non-hydrogen) atoms. The maximum atomic E-state index is 9.22. The van der Waals surface area contributed by atoms with Crippen molar-refractivity contribution >= 4 is 28.2 Å². The summed E-state index contributed by atoms with van der Waals surface area (Å²) >= 11 is 6.89. The normalized spacial score (nSPS) is 17.9. The molecule has 0 radical (unpaired) electrons. The number of halogens is 1. The van der Waals surface area contributed by atoms with E-state index < -0.39 is 0 Å². The molecule has 2 aliphatic rings. The zero-order chi connectivity index (χ0) is 23.8. The molecule has 1 atom stereocenters. The van der Waals surface area contributed by atoms with Gasteiger partial charge in [0.1, 0.15) is 11.8 Å². The lowest BCUT2D eigenvalue weighted by Crippen LogP contribution is -2.44. The van der Waals surface area contributed by atoms with Crippen LogP contribution in [0.4, 0.5) is 0 Å². The minimum Gasteiger partial charge on any atom is -0.372 e. The van der Waals surface area contributed by atoms with E-state index in [-0.39, 0.29) is 0 Å². The fourth-order valence-corrected chi connectivity index (χ4v) is 5.52. The zero-order valence-electron chi connectivity index (χ0n) is 19.5. The number of hydrogen-bond acceptors (Lipinski definition) is 5. The second kappa shape index (κ2) is 9.12. The van der Waals surface area contributed by atoms with Crippen LogP contribution in [0.15, 0.2) is 55.4 Å². The Morgan fingerprint density at radius 3 is 2.62 bits per heavy atom. The molecule has 5 rings (SSSR count). The van der Waals surface area contributed by atoms with Gasteiger partial charge in [-0.1, -0.05) is 36.9 Å². The molecular formula is C28H28ClN5. The predicted octanol–water partition coefficient (Wildman–Crippen LogP) is 5.55. The summed E-state index contributed by atoms with van der Waals surface area (Å²) in [6, 6.07) is 12.4. The van der Waals surface area contributed by atoms with E-state index >= 15 is 0 Å². The number of allylic oxidation sites excluding steroid dienone is 1. The maximum absolute atomic E-state index is 9.22. The topological polar surface area (TPSA) is 56.1 Å². The fraction of sp³-hybridized carbons (Fsp3) is 0.321. The summed E-state index contributed by atoms with van der Waals surface area (Å²) < 4.78 is 0. The first kappa shape index (κ1) is 22.4. The van der Waals surface area contributed by atoms with E-state index in [1.165, 1.54) is 0 Å². The monoisotopic (exact) mass is 469 g/mol. The third-order valence-corrected chi connectivity index (χ3v) is 7.62. The standard InChI is InChI=1S/C28H28ClN5/c1-18(2)33-10-12-34(13-11-33)19(3)20-4-6-24-26(15-20)32-27-16-21(5-7-25(27)28(24)29)22-8-9-31-23(14-22)17-30/h4,6,8-9,14-15,21H,1,3,5,7,10-13,16H2,2H3. The Labute approximate surface area is 206 Å². The average molecular weight is 470 g/mol. The van der Waals surface area contributed by atoms with Crippen molar-refractivity contribution in [2.45, 2.75) is 32.1 Å². The van der Waals surface area contributed by atoms with Gasteiger partial charge in [-0.25, -0.2) is 4.98 Å². The highest BCUT2D eigenvalue weighted by Crippen LogP contribution is 2.38. The molecule has 1 aromatic carbocycles. The van der Waals surface area contributed by atoms with Crippen molar-refractivity contribution in [3.8, 4) is 6.07 Å². The highest BCUT2D eigenvalue weighted by molar-refractivity contribution is 6.36. The summed E-state index contributed by atoms with van der Waals surface area (Å²) in [5.74, 6) is 0.311. The van der Waals surface area contributed by atoms with Crippen molar-refractivity contribution in [3.05, 3.63) is 88.5 Å². The van der Waals surface area contributed by atoms with Crippen molar-refractivity contribution in [1.82, 2.24) is 19.8 Å². The lowest BCUT2D eigenvalue weighted by molar-refractivity contribution is 0.215. The van der Waals surface area contributed by atoms with E-state index in [9.17, 15) is 5.26 Å². The van der Waals surface area contributed by atoms with Crippen molar-refractivity contribution in [3.63, 3.8) is 0 Å². The predicted molar refractivity (Wildman–Crippen MR) is 137 cm³/mol. The van der Waals surface area contributed by atoms with Gasteiger partial charge >= 0.3 is 0 Å². The van der Waals surface area contributed by atoms with Crippen LogP contribution in [0.2, 0.25) is 5.02 Å². The second-order valence-corrected chi connectivity index (χ2v) is 9.64. The molecule has 2 aromatic heterocycles. The van der Waals surface area contributed by atoms with Gasteiger partial charge in [0.05, 0.1) is 10.5 Å². The van der Waals surface area contributed by atoms with Gasteiger partial charge in [-0.2, -0.15) is 5.26 Å². The van der Waals surface area contributed by atoms with Crippen LogP contribution in [-0.4, -0.2) is 45.9 Å². The molecular weight excluding hydrogens is 442 g/mol. The number of nitrogens with zero attached hydrogens (tertiary/aromatic N) is 5.